The fraction of sp³-hybridized carbons (Fsp3) is 0.576. The Hall–Kier alpha value is -4.22. The topological polar surface area (TPSA) is 140 Å². The molecule has 12 nitrogen and oxygen atoms in total. The number of amides is 3. The Morgan fingerprint density at radius 1 is 0.956 bits per heavy atom. The SMILES string of the molecule is CC(C)OC(=O)N1CCN(C(=O)[C@H](CCC(=O)OC(C)(C)C)NC(=O)c2cc(OC3CCCC3)nc(-c3ccccc3)n2)CC1. The van der Waals surface area contributed by atoms with E-state index >= 15 is 0 Å². The molecule has 1 N–H and O–H groups in total. The van der Waals surface area contributed by atoms with E-state index in [1.54, 1.807) is 44.4 Å². The van der Waals surface area contributed by atoms with Crippen LogP contribution in [-0.2, 0) is 19.1 Å². The molecule has 12 heteroatoms. The first-order chi connectivity index (χ1) is 21.4. The van der Waals surface area contributed by atoms with Gasteiger partial charge in [-0.05, 0) is 66.7 Å². The second-order valence-electron chi connectivity index (χ2n) is 12.7. The normalized spacial score (nSPS) is 16.3. The molecule has 1 atom stereocenters. The second kappa shape index (κ2) is 15.2. The zero-order chi connectivity index (χ0) is 32.6. The predicted octanol–water partition coefficient (Wildman–Crippen LogP) is 4.37. The summed E-state index contributed by atoms with van der Waals surface area (Å²) in [6.45, 7) is 9.96. The Balaban J connectivity index is 1.53. The smallest absolute Gasteiger partial charge is 0.410 e. The molecule has 1 aromatic heterocycles. The number of ether oxygens (including phenoxy) is 3. The van der Waals surface area contributed by atoms with Gasteiger partial charge in [0, 0.05) is 44.2 Å². The number of hydrogen-bond donors (Lipinski definition) is 1. The van der Waals surface area contributed by atoms with Gasteiger partial charge in [-0.25, -0.2) is 9.78 Å². The number of benzene rings is 1. The maximum Gasteiger partial charge on any atom is 0.410 e. The lowest BCUT2D eigenvalue weighted by atomic mass is 10.1. The van der Waals surface area contributed by atoms with Crippen LogP contribution in [0.15, 0.2) is 36.4 Å². The van der Waals surface area contributed by atoms with E-state index < -0.39 is 29.6 Å². The van der Waals surface area contributed by atoms with Gasteiger partial charge in [0.15, 0.2) is 5.82 Å². The number of hydrogen-bond acceptors (Lipinski definition) is 9. The number of nitrogens with zero attached hydrogens (tertiary/aromatic N) is 4. The quantitative estimate of drug-likeness (QED) is 0.382. The molecule has 3 amide bonds. The minimum atomic E-state index is -1.03. The predicted molar refractivity (Wildman–Crippen MR) is 166 cm³/mol. The van der Waals surface area contributed by atoms with Gasteiger partial charge in [-0.15, -0.1) is 0 Å². The summed E-state index contributed by atoms with van der Waals surface area (Å²) in [5.41, 5.74) is 0.0775. The Labute approximate surface area is 264 Å². The number of rotatable bonds is 10. The third-order valence-electron chi connectivity index (χ3n) is 7.40. The molecule has 0 radical (unpaired) electrons. The Kier molecular flexibility index (Phi) is 11.4. The van der Waals surface area contributed by atoms with Crippen molar-refractivity contribution in [3.05, 3.63) is 42.1 Å². The van der Waals surface area contributed by atoms with Crippen molar-refractivity contribution in [2.75, 3.05) is 26.2 Å². The lowest BCUT2D eigenvalue weighted by Crippen LogP contribution is -2.56. The van der Waals surface area contributed by atoms with Crippen LogP contribution in [0.3, 0.4) is 0 Å². The molecule has 2 aliphatic rings. The molecule has 45 heavy (non-hydrogen) atoms. The largest absolute Gasteiger partial charge is 0.474 e. The van der Waals surface area contributed by atoms with E-state index in [9.17, 15) is 19.2 Å². The molecule has 1 aliphatic carbocycles. The molecule has 0 bridgehead atoms. The Morgan fingerprint density at radius 2 is 1.60 bits per heavy atom. The van der Waals surface area contributed by atoms with Gasteiger partial charge in [0.05, 0.1) is 6.10 Å². The van der Waals surface area contributed by atoms with Crippen LogP contribution >= 0.6 is 0 Å². The van der Waals surface area contributed by atoms with Crippen molar-refractivity contribution in [1.29, 1.82) is 0 Å². The molecule has 1 aromatic carbocycles. The zero-order valence-electron chi connectivity index (χ0n) is 26.9. The molecule has 2 heterocycles. The molecule has 0 unspecified atom stereocenters. The average Bonchev–Trinajstić information content (AvgIpc) is 3.51. The highest BCUT2D eigenvalue weighted by atomic mass is 16.6. The van der Waals surface area contributed by atoms with Gasteiger partial charge >= 0.3 is 12.1 Å². The molecule has 1 saturated heterocycles. The summed E-state index contributed by atoms with van der Waals surface area (Å²) in [6.07, 6.45) is 3.25. The lowest BCUT2D eigenvalue weighted by Gasteiger charge is -2.36. The van der Waals surface area contributed by atoms with Crippen molar-refractivity contribution < 1.29 is 33.4 Å². The maximum atomic E-state index is 13.8. The van der Waals surface area contributed by atoms with E-state index in [1.807, 2.05) is 30.3 Å². The van der Waals surface area contributed by atoms with Crippen molar-refractivity contribution in [3.63, 3.8) is 0 Å². The minimum Gasteiger partial charge on any atom is -0.474 e. The van der Waals surface area contributed by atoms with Gasteiger partial charge in [0.25, 0.3) is 5.91 Å². The molecule has 2 aromatic rings. The molecule has 4 rings (SSSR count). The van der Waals surface area contributed by atoms with Crippen molar-refractivity contribution >= 4 is 23.9 Å². The van der Waals surface area contributed by atoms with Gasteiger partial charge in [0.1, 0.15) is 23.4 Å². The van der Waals surface area contributed by atoms with Crippen LogP contribution in [0.4, 0.5) is 4.79 Å². The van der Waals surface area contributed by atoms with Crippen LogP contribution in [0.25, 0.3) is 11.4 Å². The summed E-state index contributed by atoms with van der Waals surface area (Å²) < 4.78 is 16.9. The number of aromatic nitrogens is 2. The fourth-order valence-corrected chi connectivity index (χ4v) is 5.25. The summed E-state index contributed by atoms with van der Waals surface area (Å²) in [5.74, 6) is -0.799. The first kappa shape index (κ1) is 33.7. The molecule has 1 aliphatic heterocycles. The third-order valence-corrected chi connectivity index (χ3v) is 7.40. The van der Waals surface area contributed by atoms with E-state index in [4.69, 9.17) is 14.2 Å². The van der Waals surface area contributed by atoms with Gasteiger partial charge in [-0.2, -0.15) is 4.98 Å². The molecular formula is C33H45N5O7. The first-order valence-corrected chi connectivity index (χ1v) is 15.8. The molecular weight excluding hydrogens is 578 g/mol. The number of esters is 1. The fourth-order valence-electron chi connectivity index (χ4n) is 5.25. The van der Waals surface area contributed by atoms with Crippen molar-refractivity contribution in [1.82, 2.24) is 25.1 Å². The first-order valence-electron chi connectivity index (χ1n) is 15.8. The number of carbonyl (C=O) groups is 4. The summed E-state index contributed by atoms with van der Waals surface area (Å²) in [4.78, 5) is 64.7. The average molecular weight is 624 g/mol. The molecule has 2 fully saturated rings. The lowest BCUT2D eigenvalue weighted by molar-refractivity contribution is -0.155. The van der Waals surface area contributed by atoms with Crippen LogP contribution in [0, 0.1) is 0 Å². The van der Waals surface area contributed by atoms with Gasteiger partial charge < -0.3 is 29.3 Å². The van der Waals surface area contributed by atoms with E-state index in [-0.39, 0.29) is 62.8 Å². The van der Waals surface area contributed by atoms with Crippen molar-refractivity contribution in [3.8, 4) is 17.3 Å². The summed E-state index contributed by atoms with van der Waals surface area (Å²) in [7, 11) is 0. The monoisotopic (exact) mass is 623 g/mol. The van der Waals surface area contributed by atoms with Crippen LogP contribution in [0.1, 0.15) is 83.6 Å². The zero-order valence-corrected chi connectivity index (χ0v) is 26.9. The highest BCUT2D eigenvalue weighted by Crippen LogP contribution is 2.25. The van der Waals surface area contributed by atoms with Crippen LogP contribution in [0.2, 0.25) is 0 Å². The molecule has 0 spiro atoms. The highest BCUT2D eigenvalue weighted by Gasteiger charge is 2.32. The van der Waals surface area contributed by atoms with Gasteiger partial charge in [-0.3, -0.25) is 14.4 Å². The van der Waals surface area contributed by atoms with Crippen molar-refractivity contribution in [2.45, 2.75) is 97.0 Å². The Bertz CT molecular complexity index is 1330. The second-order valence-corrected chi connectivity index (χ2v) is 12.7. The van der Waals surface area contributed by atoms with Crippen molar-refractivity contribution in [2.24, 2.45) is 0 Å². The van der Waals surface area contributed by atoms with Crippen LogP contribution < -0.4 is 10.1 Å². The summed E-state index contributed by atoms with van der Waals surface area (Å²) in [6, 6.07) is 9.75. The summed E-state index contributed by atoms with van der Waals surface area (Å²) in [5, 5.41) is 2.82. The van der Waals surface area contributed by atoms with Crippen LogP contribution in [-0.4, -0.2) is 93.7 Å². The van der Waals surface area contributed by atoms with E-state index in [2.05, 4.69) is 15.3 Å². The van der Waals surface area contributed by atoms with E-state index in [1.165, 1.54) is 6.07 Å². The number of carbonyl (C=O) groups excluding carboxylic acids is 4. The standard InChI is InChI=1S/C33H45N5O7/c1-22(2)43-32(42)38-19-17-37(18-20-38)31(41)25(15-16-28(39)45-33(3,4)5)35-30(40)26-21-27(44-24-13-9-10-14-24)36-29(34-26)23-11-7-6-8-12-23/h6-8,11-12,21-22,24-25H,9-10,13-20H2,1-5H3,(H,35,40)/t25-/m0/s1. The maximum absolute atomic E-state index is 13.8. The van der Waals surface area contributed by atoms with E-state index in [0.29, 0.717) is 11.7 Å². The third kappa shape index (κ3) is 10.2. The van der Waals surface area contributed by atoms with Gasteiger partial charge in [0.2, 0.25) is 11.8 Å². The summed E-state index contributed by atoms with van der Waals surface area (Å²) >= 11 is 0. The molecule has 1 saturated carbocycles. The van der Waals surface area contributed by atoms with Crippen LogP contribution in [0.5, 0.6) is 5.88 Å². The van der Waals surface area contributed by atoms with Gasteiger partial charge in [-0.1, -0.05) is 30.3 Å². The highest BCUT2D eigenvalue weighted by molar-refractivity contribution is 5.96. The molecule has 244 valence electrons. The van der Waals surface area contributed by atoms with E-state index in [0.717, 1.165) is 31.2 Å². The minimum absolute atomic E-state index is 0.0130. The number of nitrogens with one attached hydrogen (secondary N) is 1. The Morgan fingerprint density at radius 3 is 2.22 bits per heavy atom. The number of piperazine rings is 1.